The molecule has 9 heteroatoms. The molecule has 0 unspecified atom stereocenters. The van der Waals surface area contributed by atoms with Crippen molar-refractivity contribution in [2.45, 2.75) is 57.9 Å². The highest BCUT2D eigenvalue weighted by molar-refractivity contribution is 7.19. The van der Waals surface area contributed by atoms with Crippen molar-refractivity contribution in [3.05, 3.63) is 18.3 Å². The SMILES string of the molecule is CC1(CC(=O)Nc2nnc(N[C@@H]3CCN(c4cccnn4)C3)s2)CCCCC1. The van der Waals surface area contributed by atoms with Gasteiger partial charge < -0.3 is 15.5 Å². The molecule has 150 valence electrons. The second-order valence-electron chi connectivity index (χ2n) is 8.17. The predicted molar refractivity (Wildman–Crippen MR) is 111 cm³/mol. The molecule has 2 aromatic heterocycles. The summed E-state index contributed by atoms with van der Waals surface area (Å²) in [4.78, 5) is 14.6. The second-order valence-corrected chi connectivity index (χ2v) is 9.14. The molecule has 2 N–H and O–H groups in total. The summed E-state index contributed by atoms with van der Waals surface area (Å²) in [5, 5.41) is 24.1. The van der Waals surface area contributed by atoms with Gasteiger partial charge in [-0.2, -0.15) is 5.10 Å². The highest BCUT2D eigenvalue weighted by atomic mass is 32.1. The van der Waals surface area contributed by atoms with E-state index in [1.807, 2.05) is 12.1 Å². The third kappa shape index (κ3) is 4.76. The summed E-state index contributed by atoms with van der Waals surface area (Å²) in [6, 6.07) is 4.15. The number of nitrogens with zero attached hydrogens (tertiary/aromatic N) is 5. The van der Waals surface area contributed by atoms with Crippen LogP contribution < -0.4 is 15.5 Å². The van der Waals surface area contributed by atoms with E-state index in [2.05, 4.69) is 42.9 Å². The average Bonchev–Trinajstić information content (AvgIpc) is 3.32. The molecule has 2 aliphatic rings. The van der Waals surface area contributed by atoms with E-state index in [1.165, 1.54) is 30.6 Å². The smallest absolute Gasteiger partial charge is 0.226 e. The van der Waals surface area contributed by atoms with E-state index < -0.39 is 0 Å². The summed E-state index contributed by atoms with van der Waals surface area (Å²) in [6.07, 6.45) is 9.24. The van der Waals surface area contributed by atoms with Crippen LogP contribution in [-0.2, 0) is 4.79 Å². The van der Waals surface area contributed by atoms with Crippen molar-refractivity contribution >= 4 is 33.3 Å². The zero-order chi connectivity index (χ0) is 19.4. The van der Waals surface area contributed by atoms with E-state index in [9.17, 15) is 4.79 Å². The molecule has 1 atom stereocenters. The number of anilines is 3. The van der Waals surface area contributed by atoms with Gasteiger partial charge in [0.2, 0.25) is 16.2 Å². The normalized spacial score (nSPS) is 21.5. The van der Waals surface area contributed by atoms with Crippen molar-refractivity contribution in [3.63, 3.8) is 0 Å². The van der Waals surface area contributed by atoms with Crippen LogP contribution in [0, 0.1) is 5.41 Å². The minimum absolute atomic E-state index is 0.0433. The maximum atomic E-state index is 12.4. The lowest BCUT2D eigenvalue weighted by Gasteiger charge is -2.32. The highest BCUT2D eigenvalue weighted by Gasteiger charge is 2.30. The summed E-state index contributed by atoms with van der Waals surface area (Å²) in [5.41, 5.74) is 0.127. The number of hydrogen-bond acceptors (Lipinski definition) is 8. The van der Waals surface area contributed by atoms with Crippen molar-refractivity contribution in [1.29, 1.82) is 0 Å². The topological polar surface area (TPSA) is 95.9 Å². The molecule has 0 bridgehead atoms. The monoisotopic (exact) mass is 401 g/mol. The molecule has 1 aliphatic heterocycles. The van der Waals surface area contributed by atoms with Crippen LogP contribution in [0.1, 0.15) is 51.9 Å². The van der Waals surface area contributed by atoms with Gasteiger partial charge in [-0.15, -0.1) is 15.3 Å². The molecule has 3 heterocycles. The Morgan fingerprint density at radius 2 is 2.07 bits per heavy atom. The van der Waals surface area contributed by atoms with Crippen LogP contribution in [0.4, 0.5) is 16.1 Å². The summed E-state index contributed by atoms with van der Waals surface area (Å²) in [5.74, 6) is 0.940. The average molecular weight is 402 g/mol. The zero-order valence-corrected chi connectivity index (χ0v) is 17.0. The summed E-state index contributed by atoms with van der Waals surface area (Å²) in [7, 11) is 0. The van der Waals surface area contributed by atoms with Crippen LogP contribution in [0.25, 0.3) is 0 Å². The Morgan fingerprint density at radius 1 is 1.25 bits per heavy atom. The number of carbonyl (C=O) groups excluding carboxylic acids is 1. The van der Waals surface area contributed by atoms with E-state index in [1.54, 1.807) is 6.20 Å². The lowest BCUT2D eigenvalue weighted by Crippen LogP contribution is -2.27. The zero-order valence-electron chi connectivity index (χ0n) is 16.2. The number of rotatable bonds is 6. The minimum Gasteiger partial charge on any atom is -0.355 e. The third-order valence-corrected chi connectivity index (χ3v) is 6.49. The summed E-state index contributed by atoms with van der Waals surface area (Å²) >= 11 is 1.39. The van der Waals surface area contributed by atoms with E-state index in [-0.39, 0.29) is 17.4 Å². The van der Waals surface area contributed by atoms with Gasteiger partial charge in [0.25, 0.3) is 0 Å². The number of hydrogen-bond donors (Lipinski definition) is 2. The van der Waals surface area contributed by atoms with Crippen molar-refractivity contribution in [1.82, 2.24) is 20.4 Å². The molecule has 2 aromatic rings. The Hall–Kier alpha value is -2.29. The molecular formula is C19H27N7OS. The van der Waals surface area contributed by atoms with Gasteiger partial charge >= 0.3 is 0 Å². The van der Waals surface area contributed by atoms with Crippen LogP contribution in [0.3, 0.4) is 0 Å². The predicted octanol–water partition coefficient (Wildman–Crippen LogP) is 3.32. The first-order valence-corrected chi connectivity index (χ1v) is 10.8. The van der Waals surface area contributed by atoms with Gasteiger partial charge in [0.05, 0.1) is 0 Å². The molecule has 0 spiro atoms. The van der Waals surface area contributed by atoms with Gasteiger partial charge in [-0.3, -0.25) is 4.79 Å². The van der Waals surface area contributed by atoms with Gasteiger partial charge in [-0.25, -0.2) is 0 Å². The molecule has 2 fully saturated rings. The van der Waals surface area contributed by atoms with E-state index in [4.69, 9.17) is 0 Å². The lowest BCUT2D eigenvalue weighted by molar-refractivity contribution is -0.118. The highest BCUT2D eigenvalue weighted by Crippen LogP contribution is 2.39. The molecule has 0 radical (unpaired) electrons. The van der Waals surface area contributed by atoms with E-state index in [0.29, 0.717) is 11.6 Å². The molecule has 0 aromatic carbocycles. The van der Waals surface area contributed by atoms with Crippen LogP contribution in [0.5, 0.6) is 0 Å². The summed E-state index contributed by atoms with van der Waals surface area (Å²) in [6.45, 7) is 4.00. The Morgan fingerprint density at radius 3 is 2.86 bits per heavy atom. The Kier molecular flexibility index (Phi) is 5.70. The first kappa shape index (κ1) is 19.0. The maximum absolute atomic E-state index is 12.4. The van der Waals surface area contributed by atoms with Crippen LogP contribution >= 0.6 is 11.3 Å². The van der Waals surface area contributed by atoms with Gasteiger partial charge in [0, 0.05) is 31.7 Å². The molecule has 8 nitrogen and oxygen atoms in total. The van der Waals surface area contributed by atoms with Gasteiger partial charge in [-0.05, 0) is 36.8 Å². The van der Waals surface area contributed by atoms with Crippen molar-refractivity contribution in [2.24, 2.45) is 5.41 Å². The van der Waals surface area contributed by atoms with Crippen molar-refractivity contribution in [2.75, 3.05) is 28.6 Å². The lowest BCUT2D eigenvalue weighted by atomic mass is 9.73. The number of aromatic nitrogens is 4. The Balaban J connectivity index is 1.27. The molecule has 1 saturated heterocycles. The quantitative estimate of drug-likeness (QED) is 0.766. The fourth-order valence-electron chi connectivity index (χ4n) is 4.19. The largest absolute Gasteiger partial charge is 0.355 e. The van der Waals surface area contributed by atoms with Gasteiger partial charge in [0.1, 0.15) is 0 Å². The molecule has 1 amide bonds. The fourth-order valence-corrected chi connectivity index (χ4v) is 4.93. The number of amides is 1. The van der Waals surface area contributed by atoms with Gasteiger partial charge in [0.15, 0.2) is 5.82 Å². The first-order valence-electron chi connectivity index (χ1n) is 10.0. The summed E-state index contributed by atoms with van der Waals surface area (Å²) < 4.78 is 0. The molecule has 28 heavy (non-hydrogen) atoms. The first-order chi connectivity index (χ1) is 13.6. The Labute approximate surface area is 169 Å². The molecular weight excluding hydrogens is 374 g/mol. The number of carbonyl (C=O) groups is 1. The van der Waals surface area contributed by atoms with Crippen molar-refractivity contribution < 1.29 is 4.79 Å². The van der Waals surface area contributed by atoms with Crippen LogP contribution in [0.2, 0.25) is 0 Å². The standard InChI is InChI=1S/C19H27N7OS/c1-19(8-3-2-4-9-19)12-16(27)22-18-25-24-17(28-18)21-14-7-11-26(13-14)15-6-5-10-20-23-15/h5-6,10,14H,2-4,7-9,11-13H2,1H3,(H,21,24)(H,22,25,27)/t14-/m1/s1. The van der Waals surface area contributed by atoms with E-state index in [0.717, 1.165) is 43.3 Å². The molecule has 4 rings (SSSR count). The van der Waals surface area contributed by atoms with E-state index >= 15 is 0 Å². The third-order valence-electron chi connectivity index (χ3n) is 5.72. The molecule has 1 saturated carbocycles. The van der Waals surface area contributed by atoms with Crippen molar-refractivity contribution in [3.8, 4) is 0 Å². The maximum Gasteiger partial charge on any atom is 0.226 e. The number of nitrogens with one attached hydrogen (secondary N) is 2. The minimum atomic E-state index is 0.0433. The molecule has 1 aliphatic carbocycles. The Bertz CT molecular complexity index is 791. The fraction of sp³-hybridized carbons (Fsp3) is 0.632. The van der Waals surface area contributed by atoms with Crippen LogP contribution in [0.15, 0.2) is 18.3 Å². The van der Waals surface area contributed by atoms with Gasteiger partial charge in [-0.1, -0.05) is 37.5 Å². The van der Waals surface area contributed by atoms with Crippen LogP contribution in [-0.4, -0.2) is 45.4 Å². The second kappa shape index (κ2) is 8.38.